The monoisotopic (exact) mass is 288 g/mol. The molecule has 0 amide bonds. The average molecular weight is 288 g/mol. The minimum Gasteiger partial charge on any atom is -0.311 e. The quantitative estimate of drug-likeness (QED) is 0.806. The Hall–Kier alpha value is -1.07. The van der Waals surface area contributed by atoms with E-state index in [4.69, 9.17) is 0 Å². The SMILES string of the molecule is CC(NCCNC(C)(C)C)c1cccc(C(F)(F)F)c1. The van der Waals surface area contributed by atoms with Crippen molar-refractivity contribution in [2.75, 3.05) is 13.1 Å². The second-order valence-electron chi connectivity index (χ2n) is 5.98. The minimum absolute atomic E-state index is 0.0428. The Balaban J connectivity index is 2.54. The van der Waals surface area contributed by atoms with Crippen LogP contribution >= 0.6 is 0 Å². The van der Waals surface area contributed by atoms with Gasteiger partial charge in [0.25, 0.3) is 0 Å². The van der Waals surface area contributed by atoms with Crippen molar-refractivity contribution in [1.82, 2.24) is 10.6 Å². The van der Waals surface area contributed by atoms with Crippen molar-refractivity contribution in [3.8, 4) is 0 Å². The Labute approximate surface area is 118 Å². The number of nitrogens with one attached hydrogen (secondary N) is 2. The molecule has 20 heavy (non-hydrogen) atoms. The lowest BCUT2D eigenvalue weighted by Gasteiger charge is -2.22. The lowest BCUT2D eigenvalue weighted by Crippen LogP contribution is -2.40. The number of halogens is 3. The summed E-state index contributed by atoms with van der Waals surface area (Å²) in [7, 11) is 0. The van der Waals surface area contributed by atoms with Crippen LogP contribution in [0.2, 0.25) is 0 Å². The van der Waals surface area contributed by atoms with E-state index in [1.807, 2.05) is 6.92 Å². The normalized spacial score (nSPS) is 14.3. The van der Waals surface area contributed by atoms with Gasteiger partial charge in [0, 0.05) is 24.7 Å². The van der Waals surface area contributed by atoms with Gasteiger partial charge >= 0.3 is 6.18 Å². The van der Waals surface area contributed by atoms with E-state index in [9.17, 15) is 13.2 Å². The second kappa shape index (κ2) is 6.59. The van der Waals surface area contributed by atoms with E-state index >= 15 is 0 Å². The van der Waals surface area contributed by atoms with Crippen molar-refractivity contribution in [2.24, 2.45) is 0 Å². The van der Waals surface area contributed by atoms with Gasteiger partial charge < -0.3 is 10.6 Å². The molecule has 2 nitrogen and oxygen atoms in total. The lowest BCUT2D eigenvalue weighted by atomic mass is 10.0. The molecule has 0 saturated carbocycles. The summed E-state index contributed by atoms with van der Waals surface area (Å²) in [6.45, 7) is 9.56. The van der Waals surface area contributed by atoms with Gasteiger partial charge in [-0.15, -0.1) is 0 Å². The zero-order valence-corrected chi connectivity index (χ0v) is 12.4. The highest BCUT2D eigenvalue weighted by atomic mass is 19.4. The summed E-state index contributed by atoms with van der Waals surface area (Å²) in [5, 5.41) is 6.54. The van der Waals surface area contributed by atoms with Crippen LogP contribution in [0.15, 0.2) is 24.3 Å². The van der Waals surface area contributed by atoms with E-state index in [2.05, 4.69) is 31.4 Å². The molecule has 0 saturated heterocycles. The molecule has 1 atom stereocenters. The Morgan fingerprint density at radius 1 is 1.10 bits per heavy atom. The van der Waals surface area contributed by atoms with Crippen molar-refractivity contribution in [3.05, 3.63) is 35.4 Å². The molecule has 0 heterocycles. The van der Waals surface area contributed by atoms with Crippen LogP contribution < -0.4 is 10.6 Å². The maximum atomic E-state index is 12.6. The predicted molar refractivity (Wildman–Crippen MR) is 75.6 cm³/mol. The van der Waals surface area contributed by atoms with Crippen LogP contribution in [0.5, 0.6) is 0 Å². The fourth-order valence-electron chi connectivity index (χ4n) is 1.83. The van der Waals surface area contributed by atoms with Crippen LogP contribution in [-0.2, 0) is 6.18 Å². The topological polar surface area (TPSA) is 24.1 Å². The maximum absolute atomic E-state index is 12.6. The highest BCUT2D eigenvalue weighted by molar-refractivity contribution is 5.27. The van der Waals surface area contributed by atoms with Gasteiger partial charge in [-0.25, -0.2) is 0 Å². The number of benzene rings is 1. The van der Waals surface area contributed by atoms with Gasteiger partial charge in [-0.2, -0.15) is 13.2 Å². The van der Waals surface area contributed by atoms with Gasteiger partial charge in [0.1, 0.15) is 0 Å². The molecule has 0 bridgehead atoms. The van der Waals surface area contributed by atoms with Gasteiger partial charge in [-0.1, -0.05) is 12.1 Å². The first-order valence-corrected chi connectivity index (χ1v) is 6.75. The standard InChI is InChI=1S/C15H23F3N2/c1-11(19-8-9-20-14(2,3)4)12-6-5-7-13(10-12)15(16,17)18/h5-7,10-11,19-20H,8-9H2,1-4H3. The van der Waals surface area contributed by atoms with Crippen molar-refractivity contribution < 1.29 is 13.2 Å². The van der Waals surface area contributed by atoms with Crippen LogP contribution in [0.25, 0.3) is 0 Å². The van der Waals surface area contributed by atoms with Gasteiger partial charge in [-0.05, 0) is 45.4 Å². The lowest BCUT2D eigenvalue weighted by molar-refractivity contribution is -0.137. The summed E-state index contributed by atoms with van der Waals surface area (Å²) in [4.78, 5) is 0. The molecule has 0 fully saturated rings. The first kappa shape index (κ1) is 17.0. The summed E-state index contributed by atoms with van der Waals surface area (Å²) >= 11 is 0. The summed E-state index contributed by atoms with van der Waals surface area (Å²) < 4.78 is 37.9. The van der Waals surface area contributed by atoms with E-state index in [0.29, 0.717) is 12.1 Å². The zero-order valence-electron chi connectivity index (χ0n) is 12.4. The fourth-order valence-corrected chi connectivity index (χ4v) is 1.83. The predicted octanol–water partition coefficient (Wildman–Crippen LogP) is 3.74. The summed E-state index contributed by atoms with van der Waals surface area (Å²) in [6, 6.07) is 5.35. The van der Waals surface area contributed by atoms with E-state index in [1.54, 1.807) is 6.07 Å². The van der Waals surface area contributed by atoms with Gasteiger partial charge in [0.15, 0.2) is 0 Å². The smallest absolute Gasteiger partial charge is 0.311 e. The third-order valence-corrected chi connectivity index (χ3v) is 2.94. The van der Waals surface area contributed by atoms with Crippen molar-refractivity contribution in [3.63, 3.8) is 0 Å². The second-order valence-corrected chi connectivity index (χ2v) is 5.98. The summed E-state index contributed by atoms with van der Waals surface area (Å²) in [6.07, 6.45) is -4.29. The molecule has 1 unspecified atom stereocenters. The Morgan fingerprint density at radius 2 is 1.75 bits per heavy atom. The fraction of sp³-hybridized carbons (Fsp3) is 0.600. The molecule has 0 aliphatic carbocycles. The van der Waals surface area contributed by atoms with Crippen LogP contribution in [0.1, 0.15) is 44.9 Å². The molecule has 2 N–H and O–H groups in total. The summed E-state index contributed by atoms with van der Waals surface area (Å²) in [5.41, 5.74) is 0.0910. The molecule has 0 aromatic heterocycles. The van der Waals surface area contributed by atoms with Crippen LogP contribution in [0.3, 0.4) is 0 Å². The Kier molecular flexibility index (Phi) is 5.59. The molecule has 114 valence electrons. The molecule has 5 heteroatoms. The van der Waals surface area contributed by atoms with E-state index in [-0.39, 0.29) is 11.6 Å². The number of rotatable bonds is 5. The number of alkyl halides is 3. The molecule has 1 aromatic carbocycles. The van der Waals surface area contributed by atoms with E-state index in [1.165, 1.54) is 12.1 Å². The molecule has 0 spiro atoms. The number of hydrogen-bond acceptors (Lipinski definition) is 2. The van der Waals surface area contributed by atoms with Crippen molar-refractivity contribution >= 4 is 0 Å². The average Bonchev–Trinajstić information content (AvgIpc) is 2.32. The van der Waals surface area contributed by atoms with E-state index in [0.717, 1.165) is 12.6 Å². The molecule has 0 radical (unpaired) electrons. The van der Waals surface area contributed by atoms with Crippen molar-refractivity contribution in [2.45, 2.75) is 45.5 Å². The summed E-state index contributed by atoms with van der Waals surface area (Å²) in [5.74, 6) is 0. The minimum atomic E-state index is -4.29. The molecule has 1 rings (SSSR count). The van der Waals surface area contributed by atoms with Gasteiger partial charge in [-0.3, -0.25) is 0 Å². The third kappa shape index (κ3) is 5.92. The molecule has 0 aliphatic rings. The molecule has 1 aromatic rings. The van der Waals surface area contributed by atoms with Crippen LogP contribution in [0.4, 0.5) is 13.2 Å². The molecular weight excluding hydrogens is 265 g/mol. The van der Waals surface area contributed by atoms with Crippen LogP contribution in [0, 0.1) is 0 Å². The van der Waals surface area contributed by atoms with Gasteiger partial charge in [0.2, 0.25) is 0 Å². The van der Waals surface area contributed by atoms with Crippen molar-refractivity contribution in [1.29, 1.82) is 0 Å². The van der Waals surface area contributed by atoms with Gasteiger partial charge in [0.05, 0.1) is 5.56 Å². The molecular formula is C15H23F3N2. The van der Waals surface area contributed by atoms with E-state index < -0.39 is 11.7 Å². The highest BCUT2D eigenvalue weighted by Crippen LogP contribution is 2.30. The zero-order chi connectivity index (χ0) is 15.4. The third-order valence-electron chi connectivity index (χ3n) is 2.94. The maximum Gasteiger partial charge on any atom is 0.416 e. The number of hydrogen-bond donors (Lipinski definition) is 2. The largest absolute Gasteiger partial charge is 0.416 e. The first-order valence-electron chi connectivity index (χ1n) is 6.75. The Bertz CT molecular complexity index is 422. The first-order chi connectivity index (χ1) is 9.09. The highest BCUT2D eigenvalue weighted by Gasteiger charge is 2.30. The van der Waals surface area contributed by atoms with Crippen LogP contribution in [-0.4, -0.2) is 18.6 Å². The Morgan fingerprint density at radius 3 is 2.30 bits per heavy atom. The molecule has 0 aliphatic heterocycles.